The van der Waals surface area contributed by atoms with Gasteiger partial charge in [0.15, 0.2) is 12.4 Å². The topological polar surface area (TPSA) is 146 Å². The lowest BCUT2D eigenvalue weighted by Gasteiger charge is -2.09. The first-order chi connectivity index (χ1) is 14.0. The maximum Gasteiger partial charge on any atom is 0.342 e. The molecule has 1 saturated carbocycles. The number of thiophene rings is 1. The number of anilines is 3. The zero-order valence-electron chi connectivity index (χ0n) is 15.3. The molecule has 10 heteroatoms. The van der Waals surface area contributed by atoms with Crippen molar-refractivity contribution >= 4 is 40.1 Å². The molecule has 148 valence electrons. The summed E-state index contributed by atoms with van der Waals surface area (Å²) in [4.78, 5) is 36.7. The number of rotatable bonds is 6. The molecule has 1 aliphatic rings. The van der Waals surface area contributed by atoms with Gasteiger partial charge in [0.25, 0.3) is 0 Å². The summed E-state index contributed by atoms with van der Waals surface area (Å²) in [6.45, 7) is -0.226. The zero-order valence-corrected chi connectivity index (χ0v) is 16.1. The lowest BCUT2D eigenvalue weighted by Crippen LogP contribution is -2.16. The van der Waals surface area contributed by atoms with E-state index in [2.05, 4.69) is 20.3 Å². The van der Waals surface area contributed by atoms with Crippen LogP contribution < -0.4 is 16.8 Å². The minimum atomic E-state index is -0.603. The number of benzene rings is 1. The van der Waals surface area contributed by atoms with Crippen molar-refractivity contribution in [1.82, 2.24) is 15.0 Å². The standard InChI is InChI=1S/C19H18N6O3S/c20-18-22-13(23-19(21)25-18)8-28-17(27)14-12(10-4-2-1-3-5-10)9-29-16(14)24-15(26)11-6-7-11/h1-5,9,11H,6-8H2,(H,24,26)(H4,20,21,22,23,25). The van der Waals surface area contributed by atoms with E-state index in [4.69, 9.17) is 16.2 Å². The van der Waals surface area contributed by atoms with Gasteiger partial charge in [-0.25, -0.2) is 4.79 Å². The number of amides is 1. The largest absolute Gasteiger partial charge is 0.454 e. The lowest BCUT2D eigenvalue weighted by molar-refractivity contribution is -0.117. The molecule has 1 amide bonds. The molecule has 0 spiro atoms. The van der Waals surface area contributed by atoms with Crippen LogP contribution in [0.15, 0.2) is 35.7 Å². The summed E-state index contributed by atoms with van der Waals surface area (Å²) in [7, 11) is 0. The zero-order chi connectivity index (χ0) is 20.4. The Hall–Kier alpha value is -3.53. The molecule has 5 N–H and O–H groups in total. The van der Waals surface area contributed by atoms with E-state index in [-0.39, 0.29) is 36.2 Å². The summed E-state index contributed by atoms with van der Waals surface area (Å²) in [5.41, 5.74) is 12.9. The van der Waals surface area contributed by atoms with Crippen LogP contribution in [0.1, 0.15) is 29.0 Å². The molecule has 2 aromatic heterocycles. The van der Waals surface area contributed by atoms with Gasteiger partial charge in [-0.1, -0.05) is 30.3 Å². The lowest BCUT2D eigenvalue weighted by atomic mass is 10.0. The van der Waals surface area contributed by atoms with Gasteiger partial charge in [-0.15, -0.1) is 11.3 Å². The molecule has 0 saturated heterocycles. The van der Waals surface area contributed by atoms with Crippen LogP contribution in [-0.4, -0.2) is 26.8 Å². The van der Waals surface area contributed by atoms with Gasteiger partial charge in [0.2, 0.25) is 17.8 Å². The van der Waals surface area contributed by atoms with Crippen molar-refractivity contribution in [2.45, 2.75) is 19.4 Å². The van der Waals surface area contributed by atoms with Gasteiger partial charge >= 0.3 is 5.97 Å². The average molecular weight is 410 g/mol. The van der Waals surface area contributed by atoms with Crippen molar-refractivity contribution in [3.05, 3.63) is 47.1 Å². The highest BCUT2D eigenvalue weighted by Gasteiger charge is 2.31. The average Bonchev–Trinajstić information content (AvgIpc) is 3.47. The predicted octanol–water partition coefficient (Wildman–Crippen LogP) is 2.47. The molecule has 0 bridgehead atoms. The molecule has 0 aliphatic heterocycles. The molecule has 1 aromatic carbocycles. The Morgan fingerprint density at radius 3 is 2.45 bits per heavy atom. The highest BCUT2D eigenvalue weighted by molar-refractivity contribution is 7.15. The van der Waals surface area contributed by atoms with Gasteiger partial charge in [0, 0.05) is 16.9 Å². The highest BCUT2D eigenvalue weighted by atomic mass is 32.1. The van der Waals surface area contributed by atoms with E-state index in [9.17, 15) is 9.59 Å². The fourth-order valence-corrected chi connectivity index (χ4v) is 3.73. The predicted molar refractivity (Wildman–Crippen MR) is 109 cm³/mol. The normalized spacial score (nSPS) is 13.1. The van der Waals surface area contributed by atoms with Gasteiger partial charge in [0.05, 0.1) is 0 Å². The second-order valence-corrected chi connectivity index (χ2v) is 7.41. The molecule has 0 radical (unpaired) electrons. The first kappa shape index (κ1) is 18.8. The molecular formula is C19H18N6O3S. The highest BCUT2D eigenvalue weighted by Crippen LogP contribution is 2.38. The van der Waals surface area contributed by atoms with Crippen molar-refractivity contribution in [2.24, 2.45) is 5.92 Å². The first-order valence-electron chi connectivity index (χ1n) is 8.92. The van der Waals surface area contributed by atoms with E-state index in [1.165, 1.54) is 11.3 Å². The van der Waals surface area contributed by atoms with Crippen LogP contribution >= 0.6 is 11.3 Å². The summed E-state index contributed by atoms with van der Waals surface area (Å²) in [6.07, 6.45) is 1.73. The Bertz CT molecular complexity index is 1040. The van der Waals surface area contributed by atoms with Crippen LogP contribution in [0.25, 0.3) is 11.1 Å². The number of carbonyl (C=O) groups excluding carboxylic acids is 2. The molecule has 0 unspecified atom stereocenters. The van der Waals surface area contributed by atoms with Crippen molar-refractivity contribution in [3.8, 4) is 11.1 Å². The number of aromatic nitrogens is 3. The number of nitrogens with one attached hydrogen (secondary N) is 1. The summed E-state index contributed by atoms with van der Waals surface area (Å²) < 4.78 is 5.40. The van der Waals surface area contributed by atoms with Gasteiger partial charge in [0.1, 0.15) is 10.6 Å². The fourth-order valence-electron chi connectivity index (χ4n) is 2.77. The number of nitrogens with zero attached hydrogens (tertiary/aromatic N) is 3. The summed E-state index contributed by atoms with van der Waals surface area (Å²) in [5, 5.41) is 5.14. The molecule has 1 aliphatic carbocycles. The second-order valence-electron chi connectivity index (χ2n) is 6.53. The molecule has 4 rings (SSSR count). The maximum atomic E-state index is 12.9. The van der Waals surface area contributed by atoms with Crippen LogP contribution in [0.4, 0.5) is 16.9 Å². The minimum Gasteiger partial charge on any atom is -0.454 e. The van der Waals surface area contributed by atoms with Crippen molar-refractivity contribution < 1.29 is 14.3 Å². The molecule has 9 nitrogen and oxygen atoms in total. The maximum absolute atomic E-state index is 12.9. The van der Waals surface area contributed by atoms with Crippen LogP contribution in [0, 0.1) is 5.92 Å². The monoisotopic (exact) mass is 410 g/mol. The quantitative estimate of drug-likeness (QED) is 0.525. The number of hydrogen-bond donors (Lipinski definition) is 3. The number of carbonyl (C=O) groups is 2. The van der Waals surface area contributed by atoms with E-state index in [0.29, 0.717) is 16.1 Å². The molecule has 2 heterocycles. The Morgan fingerprint density at radius 2 is 1.79 bits per heavy atom. The Balaban J connectivity index is 1.61. The SMILES string of the molecule is Nc1nc(N)nc(COC(=O)c2c(-c3ccccc3)csc2NC(=O)C2CC2)n1. The fraction of sp³-hybridized carbons (Fsp3) is 0.211. The molecular weight excluding hydrogens is 392 g/mol. The second kappa shape index (κ2) is 7.84. The Kier molecular flexibility index (Phi) is 5.09. The van der Waals surface area contributed by atoms with Crippen molar-refractivity contribution in [1.29, 1.82) is 0 Å². The third kappa shape index (κ3) is 4.32. The number of nitrogen functional groups attached to an aromatic ring is 2. The van der Waals surface area contributed by atoms with Gasteiger partial charge in [-0.2, -0.15) is 15.0 Å². The molecule has 0 atom stereocenters. The number of nitrogens with two attached hydrogens (primary N) is 2. The van der Waals surface area contributed by atoms with E-state index in [0.717, 1.165) is 18.4 Å². The summed E-state index contributed by atoms with van der Waals surface area (Å²) in [6, 6.07) is 9.42. The minimum absolute atomic E-state index is 0.0114. The number of hydrogen-bond acceptors (Lipinski definition) is 9. The van der Waals surface area contributed by atoms with Crippen molar-refractivity contribution in [3.63, 3.8) is 0 Å². The van der Waals surface area contributed by atoms with Crippen LogP contribution in [0.2, 0.25) is 0 Å². The molecule has 3 aromatic rings. The van der Waals surface area contributed by atoms with E-state index < -0.39 is 5.97 Å². The molecule has 29 heavy (non-hydrogen) atoms. The van der Waals surface area contributed by atoms with Gasteiger partial charge in [-0.05, 0) is 18.4 Å². The summed E-state index contributed by atoms with van der Waals surface area (Å²) >= 11 is 1.29. The van der Waals surface area contributed by atoms with E-state index in [1.807, 2.05) is 35.7 Å². The third-order valence-electron chi connectivity index (χ3n) is 4.31. The van der Waals surface area contributed by atoms with Crippen LogP contribution in [-0.2, 0) is 16.1 Å². The molecule has 1 fully saturated rings. The van der Waals surface area contributed by atoms with E-state index in [1.54, 1.807) is 0 Å². The first-order valence-corrected chi connectivity index (χ1v) is 9.80. The Labute approximate surface area is 170 Å². The van der Waals surface area contributed by atoms with Gasteiger partial charge < -0.3 is 21.5 Å². The number of ether oxygens (including phenoxy) is 1. The smallest absolute Gasteiger partial charge is 0.342 e. The Morgan fingerprint density at radius 1 is 1.10 bits per heavy atom. The van der Waals surface area contributed by atoms with Crippen LogP contribution in [0.3, 0.4) is 0 Å². The third-order valence-corrected chi connectivity index (χ3v) is 5.21. The summed E-state index contributed by atoms with van der Waals surface area (Å²) in [5.74, 6) is -0.643. The van der Waals surface area contributed by atoms with Gasteiger partial charge in [-0.3, -0.25) is 4.79 Å². The number of esters is 1. The van der Waals surface area contributed by atoms with E-state index >= 15 is 0 Å². The van der Waals surface area contributed by atoms with Crippen LogP contribution in [0.5, 0.6) is 0 Å². The van der Waals surface area contributed by atoms with Crippen molar-refractivity contribution in [2.75, 3.05) is 16.8 Å².